The number of hydrogen-bond acceptors (Lipinski definition) is 31. The number of urea groups is 1. The van der Waals surface area contributed by atoms with Crippen molar-refractivity contribution in [1.82, 2.24) is 45.5 Å². The molecule has 5 heterocycles. The first kappa shape index (κ1) is 109. The van der Waals surface area contributed by atoms with Crippen LogP contribution in [0.3, 0.4) is 0 Å². The number of carbonyl (C=O) groups excluding carboxylic acids is 8. The number of pyridine rings is 1. The van der Waals surface area contributed by atoms with Gasteiger partial charge in [-0.05, 0) is 158 Å². The molecule has 11 rings (SSSR count). The summed E-state index contributed by atoms with van der Waals surface area (Å²) in [6.45, 7) is 21.9. The zero-order valence-corrected chi connectivity index (χ0v) is 82.0. The van der Waals surface area contributed by atoms with Gasteiger partial charge in [0.15, 0.2) is 10.8 Å². The average molecular weight is 1980 g/mol. The Labute approximate surface area is 818 Å². The van der Waals surface area contributed by atoms with Crippen LogP contribution >= 0.6 is 23.4 Å². The van der Waals surface area contributed by atoms with Crippen LogP contribution in [0.1, 0.15) is 141 Å². The third kappa shape index (κ3) is 33.1. The van der Waals surface area contributed by atoms with Crippen LogP contribution in [0.5, 0.6) is 0 Å². The number of primary amides is 1. The number of fused-ring (bicyclic) bond motifs is 3. The molecule has 3 aromatic heterocycles. The van der Waals surface area contributed by atoms with E-state index in [2.05, 4.69) is 50.5 Å². The average Bonchev–Trinajstić information content (AvgIpc) is 1.52. The highest BCUT2D eigenvalue weighted by Crippen LogP contribution is 2.73. The number of nitrogens with two attached hydrogens (primary N) is 2. The number of amides is 9. The molecule has 42 heteroatoms. The van der Waals surface area contributed by atoms with E-state index in [1.165, 1.54) is 22.4 Å². The molecule has 3 fully saturated rings. The second-order valence-corrected chi connectivity index (χ2v) is 37.4. The number of carboxylic acid groups (broad SMARTS) is 1. The number of hydrogen-bond donors (Lipinski definition) is 10. The zero-order valence-electron chi connectivity index (χ0n) is 80.4. The van der Waals surface area contributed by atoms with Crippen LogP contribution in [-0.4, -0.2) is 320 Å². The number of methoxy groups -OCH3 is 1. The summed E-state index contributed by atoms with van der Waals surface area (Å²) in [6.07, 6.45) is 9.39. The molecule has 3 aromatic carbocycles. The number of H-pyrrole nitrogens is 1. The fourth-order valence-electron chi connectivity index (χ4n) is 18.8. The highest BCUT2D eigenvalue weighted by molar-refractivity contribution is 7.93. The van der Waals surface area contributed by atoms with Crippen LogP contribution in [0.4, 0.5) is 26.2 Å². The van der Waals surface area contributed by atoms with E-state index >= 15 is 0 Å². The zero-order chi connectivity index (χ0) is 98.9. The van der Waals surface area contributed by atoms with Crippen molar-refractivity contribution in [3.8, 4) is 0 Å². The van der Waals surface area contributed by atoms with E-state index in [-0.39, 0.29) is 86.4 Å². The number of aromatic nitrogens is 4. The number of carbonyl (C=O) groups is 9. The monoisotopic (exact) mass is 1980 g/mol. The number of benzene rings is 3. The third-order valence-corrected chi connectivity index (χ3v) is 26.3. The van der Waals surface area contributed by atoms with E-state index in [9.17, 15) is 52.8 Å². The number of aliphatic imine (C=N–C) groups is 1. The maximum atomic E-state index is 14.3. The maximum Gasteiger partial charge on any atom is 0.410 e. The van der Waals surface area contributed by atoms with Gasteiger partial charge >= 0.3 is 18.1 Å². The lowest BCUT2D eigenvalue weighted by atomic mass is 9.55. The molecule has 8 atom stereocenters. The van der Waals surface area contributed by atoms with Crippen molar-refractivity contribution < 1.29 is 119 Å². The number of imide groups is 1. The normalized spacial score (nSPS) is 19.0. The second kappa shape index (κ2) is 56.3. The summed E-state index contributed by atoms with van der Waals surface area (Å²) in [6, 6.07) is 19.1. The molecule has 12 N–H and O–H groups in total. The highest BCUT2D eigenvalue weighted by Gasteiger charge is 2.70. The van der Waals surface area contributed by atoms with Gasteiger partial charge in [-0.15, -0.1) is 0 Å². The van der Waals surface area contributed by atoms with Gasteiger partial charge < -0.3 is 119 Å². The minimum atomic E-state index is -1.23. The van der Waals surface area contributed by atoms with E-state index in [0.29, 0.717) is 246 Å². The van der Waals surface area contributed by atoms with Crippen molar-refractivity contribution in [2.24, 2.45) is 45.0 Å². The van der Waals surface area contributed by atoms with Crippen molar-refractivity contribution in [1.29, 1.82) is 0 Å². The number of allylic oxidation sites excluding steroid dienone is 1. The molecule has 3 aliphatic carbocycles. The van der Waals surface area contributed by atoms with Crippen LogP contribution in [0, 0.1) is 28.6 Å². The summed E-state index contributed by atoms with van der Waals surface area (Å²) in [7, 11) is 1.63. The number of aromatic carboxylic acids is 1. The minimum Gasteiger partial charge on any atom is -0.476 e. The van der Waals surface area contributed by atoms with E-state index in [1.54, 1.807) is 74.3 Å². The molecule has 40 nitrogen and oxygen atoms in total. The van der Waals surface area contributed by atoms with Crippen molar-refractivity contribution in [3.05, 3.63) is 143 Å². The Kier molecular flexibility index (Phi) is 44.2. The van der Waals surface area contributed by atoms with E-state index in [1.807, 2.05) is 48.2 Å². The molecule has 0 saturated heterocycles. The summed E-state index contributed by atoms with van der Waals surface area (Å²) in [5, 5.41) is 28.2. The lowest BCUT2D eigenvalue weighted by Crippen LogP contribution is -2.55. The Morgan fingerprint density at radius 1 is 0.705 bits per heavy atom. The molecule has 139 heavy (non-hydrogen) atoms. The number of anilines is 3. The van der Waals surface area contributed by atoms with Crippen molar-refractivity contribution >= 4 is 115 Å². The van der Waals surface area contributed by atoms with Crippen LogP contribution in [0.2, 0.25) is 0 Å². The van der Waals surface area contributed by atoms with Crippen LogP contribution in [-0.2, 0) is 116 Å². The Bertz CT molecular complexity index is 4990. The van der Waals surface area contributed by atoms with Gasteiger partial charge in [-0.1, -0.05) is 75.4 Å². The molecule has 5 aliphatic rings. The summed E-state index contributed by atoms with van der Waals surface area (Å²) in [5.74, 6) is -4.12. The Balaban J connectivity index is 0.579. The lowest BCUT2D eigenvalue weighted by Gasteiger charge is -2.55. The Hall–Kier alpha value is -10.4. The minimum absolute atomic E-state index is 0.0241. The molecule has 5 unspecified atom stereocenters. The van der Waals surface area contributed by atoms with Gasteiger partial charge in [-0.3, -0.25) is 53.8 Å². The van der Waals surface area contributed by atoms with E-state index in [0.717, 1.165) is 70.5 Å². The van der Waals surface area contributed by atoms with Gasteiger partial charge in [0.2, 0.25) is 17.7 Å². The van der Waals surface area contributed by atoms with Gasteiger partial charge in [0.1, 0.15) is 24.5 Å². The molecule has 0 radical (unpaired) electrons. The number of carboxylic acids is 1. The lowest BCUT2D eigenvalue weighted by molar-refractivity contribution is -0.167. The topological polar surface area (TPSA) is 504 Å². The summed E-state index contributed by atoms with van der Waals surface area (Å²) < 4.78 is 91.4. The molecule has 2 bridgehead atoms. The number of nitrogens with zero attached hydrogens (tertiary/aromatic N) is 7. The van der Waals surface area contributed by atoms with Gasteiger partial charge in [-0.2, -0.15) is 0 Å². The molecule has 2 aliphatic heterocycles. The molecule has 762 valence electrons. The molecular weight excluding hydrogens is 1840 g/mol. The van der Waals surface area contributed by atoms with E-state index in [4.69, 9.17) is 87.8 Å². The summed E-state index contributed by atoms with van der Waals surface area (Å²) in [4.78, 5) is 141. The SMILES string of the molecule is COCCOCCOCCOCCOCCOCCOCCOCCOCCOCCOCCOCCn1cc([C@@H](CC(=O)N[C@H](C(=O)N[C@@H](CCCNC(N)=O)C(=O)Nc2ccc(COC(=O)N(CCOC34CC(C)CC5(C)CC(CN=C(C)C(=CN)c6ccc(N7CCc8cccc(C(=O)Nc9nc%10ccccc%10s9)c8C7)nc6C(=O)O)(CC53)C4)CCSO)cc2)C(C)C)N2C(=O)C=CC2=O)[nH]1. The van der Waals surface area contributed by atoms with Crippen LogP contribution in [0.15, 0.2) is 108 Å². The number of thiazole rings is 1. The smallest absolute Gasteiger partial charge is 0.410 e. The third-order valence-electron chi connectivity index (χ3n) is 25.0. The van der Waals surface area contributed by atoms with E-state index < -0.39 is 83.7 Å². The first-order chi connectivity index (χ1) is 67.3. The predicted octanol–water partition coefficient (Wildman–Crippen LogP) is 8.83. The summed E-state index contributed by atoms with van der Waals surface area (Å²) in [5.41, 5.74) is 16.5. The molecule has 3 saturated carbocycles. The second-order valence-electron chi connectivity index (χ2n) is 35.7. The molecular formula is C97H137N15O25S2. The molecule has 6 aromatic rings. The quantitative estimate of drug-likeness (QED) is 0.00737. The number of rotatable bonds is 67. The Morgan fingerprint density at radius 3 is 1.88 bits per heavy atom. The maximum absolute atomic E-state index is 14.3. The van der Waals surface area contributed by atoms with Crippen LogP contribution in [0.25, 0.3) is 15.8 Å². The van der Waals surface area contributed by atoms with Crippen molar-refractivity contribution in [2.45, 2.75) is 136 Å². The number of ether oxygens (including phenoxy) is 14. The predicted molar refractivity (Wildman–Crippen MR) is 521 cm³/mol. The van der Waals surface area contributed by atoms with Crippen molar-refractivity contribution in [3.63, 3.8) is 0 Å². The molecule has 9 amide bonds. The fraction of sp³-hybridized carbons (Fsp3) is 0.588. The molecule has 0 spiro atoms. The largest absolute Gasteiger partial charge is 0.476 e. The van der Waals surface area contributed by atoms with Crippen LogP contribution < -0.4 is 43.0 Å². The Morgan fingerprint density at radius 2 is 1.31 bits per heavy atom. The highest BCUT2D eigenvalue weighted by atomic mass is 32.2. The van der Waals surface area contributed by atoms with Gasteiger partial charge in [0.05, 0.1) is 199 Å². The van der Waals surface area contributed by atoms with Gasteiger partial charge in [0.25, 0.3) is 17.7 Å². The number of aromatic amines is 1. The van der Waals surface area contributed by atoms with Gasteiger partial charge in [-0.25, -0.2) is 24.4 Å². The number of nitrogens with one attached hydrogen (secondary N) is 6. The van der Waals surface area contributed by atoms with Gasteiger partial charge in [0, 0.05) is 105 Å². The summed E-state index contributed by atoms with van der Waals surface area (Å²) >= 11 is 2.00. The number of para-hydroxylation sites is 1. The standard InChI is InChI=1S/C97H137N15O25S2/c1-66(2)86(106-83(113)55-79(112-84(114)22-23-85(112)115)78-61-111(108-78)28-30-125-34-35-127-38-39-129-42-43-131-46-47-133-50-51-135-53-52-134-49-48-132-45-44-130-41-40-128-37-36-126-33-32-124-6)90(118)103-77(14-10-25-100-92(99)121)89(117)102-71-18-16-69(17-19-71)62-136-94(122)109(29-54-138-123)27-31-137-97-57-67(3)56-95(5)63-96(64-97,58-81(95)97)65-101-68(4)74(59-98)72-20-21-82(105-87(72)91(119)120)110-26-24-70-11-9-12-73(75(70)60-110)88(116)107-93-104-76-13-7-8-15-80(76)139-93/h7-9,11-13,15-23,59,61,66-67,77,79,81,86,108,123H,10,14,24-58,60,62-65,98H2,1-6H3,(H,102,117)(H,103,118)(H,106,113)(H,119,120)(H3,99,100,121)(H,104,107,116)/t67?,77-,79+,81?,86-,95?,96?,97?/m0/s1. The first-order valence-electron chi connectivity index (χ1n) is 47.5. The fourth-order valence-corrected chi connectivity index (χ4v) is 20.0. The van der Waals surface area contributed by atoms with Crippen molar-refractivity contribution in [2.75, 3.05) is 220 Å². The first-order valence-corrected chi connectivity index (χ1v) is 49.3.